The predicted molar refractivity (Wildman–Crippen MR) is 119 cm³/mol. The van der Waals surface area contributed by atoms with Crippen LogP contribution in [0.15, 0.2) is 6.07 Å². The minimum absolute atomic E-state index is 0.0499. The van der Waals surface area contributed by atoms with Gasteiger partial charge in [0.1, 0.15) is 11.6 Å². The Morgan fingerprint density at radius 2 is 1.91 bits per heavy atom. The molecule has 1 saturated heterocycles. The van der Waals surface area contributed by atoms with Crippen LogP contribution in [0.25, 0.3) is 0 Å². The van der Waals surface area contributed by atoms with E-state index in [2.05, 4.69) is 15.6 Å². The van der Waals surface area contributed by atoms with Crippen molar-refractivity contribution in [3.63, 3.8) is 0 Å². The first kappa shape index (κ1) is 24.1. The Hall–Kier alpha value is -2.58. The molecule has 9 heteroatoms. The maximum atomic E-state index is 14.7. The standard InChI is InChI=1S/C23H35FN4O4/c1-23(2,3)32-22(30)28-12-8-11-18(28)20(29)25-14-15-13-17(24)19(27-21(15)31-4)26-16-9-6-5-7-10-16/h13,16,18H,5-12,14H2,1-4H3,(H,25,29)(H,26,27)/t18-/m0/s1. The smallest absolute Gasteiger partial charge is 0.410 e. The molecule has 178 valence electrons. The van der Waals surface area contributed by atoms with Crippen molar-refractivity contribution in [2.45, 2.75) is 89.9 Å². The van der Waals surface area contributed by atoms with E-state index in [4.69, 9.17) is 9.47 Å². The zero-order chi connectivity index (χ0) is 23.3. The van der Waals surface area contributed by atoms with E-state index in [-0.39, 0.29) is 30.2 Å². The number of hydrogen-bond donors (Lipinski definition) is 2. The van der Waals surface area contributed by atoms with E-state index in [1.165, 1.54) is 24.5 Å². The van der Waals surface area contributed by atoms with Crippen LogP contribution >= 0.6 is 0 Å². The summed E-state index contributed by atoms with van der Waals surface area (Å²) in [6, 6.07) is 0.945. The molecule has 0 bridgehead atoms. The molecule has 1 aromatic heterocycles. The van der Waals surface area contributed by atoms with Crippen LogP contribution in [0.1, 0.15) is 71.3 Å². The van der Waals surface area contributed by atoms with E-state index in [1.54, 1.807) is 20.8 Å². The number of nitrogens with zero attached hydrogens (tertiary/aromatic N) is 2. The zero-order valence-electron chi connectivity index (χ0n) is 19.5. The van der Waals surface area contributed by atoms with Crippen molar-refractivity contribution in [2.75, 3.05) is 19.0 Å². The highest BCUT2D eigenvalue weighted by Gasteiger charge is 2.36. The maximum absolute atomic E-state index is 14.7. The number of anilines is 1. The first-order chi connectivity index (χ1) is 15.2. The molecule has 3 rings (SSSR count). The molecule has 2 amide bonds. The van der Waals surface area contributed by atoms with Crippen LogP contribution in [0.2, 0.25) is 0 Å². The summed E-state index contributed by atoms with van der Waals surface area (Å²) in [5.41, 5.74) is -0.195. The van der Waals surface area contributed by atoms with Crippen LogP contribution in [0.3, 0.4) is 0 Å². The second-order valence-electron chi connectivity index (χ2n) is 9.52. The van der Waals surface area contributed by atoms with Crippen molar-refractivity contribution in [1.29, 1.82) is 0 Å². The van der Waals surface area contributed by atoms with Gasteiger partial charge in [0.2, 0.25) is 11.8 Å². The number of methoxy groups -OCH3 is 1. The van der Waals surface area contributed by atoms with Crippen LogP contribution < -0.4 is 15.4 Å². The van der Waals surface area contributed by atoms with Crippen molar-refractivity contribution in [3.05, 3.63) is 17.4 Å². The summed E-state index contributed by atoms with van der Waals surface area (Å²) in [7, 11) is 1.47. The third-order valence-electron chi connectivity index (χ3n) is 5.79. The second-order valence-corrected chi connectivity index (χ2v) is 9.52. The number of amides is 2. The number of ether oxygens (including phenoxy) is 2. The summed E-state index contributed by atoms with van der Waals surface area (Å²) in [4.78, 5) is 31.0. The Kier molecular flexibility index (Phi) is 7.79. The Balaban J connectivity index is 1.63. The van der Waals surface area contributed by atoms with Crippen LogP contribution in [0.4, 0.5) is 15.0 Å². The molecule has 0 unspecified atom stereocenters. The molecular formula is C23H35FN4O4. The van der Waals surface area contributed by atoms with E-state index in [9.17, 15) is 14.0 Å². The predicted octanol–water partition coefficient (Wildman–Crippen LogP) is 3.99. The van der Waals surface area contributed by atoms with Crippen molar-refractivity contribution in [3.8, 4) is 5.88 Å². The van der Waals surface area contributed by atoms with Crippen molar-refractivity contribution < 1.29 is 23.5 Å². The highest BCUT2D eigenvalue weighted by Crippen LogP contribution is 2.27. The van der Waals surface area contributed by atoms with E-state index in [0.29, 0.717) is 18.5 Å². The van der Waals surface area contributed by atoms with E-state index in [1.807, 2.05) is 0 Å². The molecule has 2 N–H and O–H groups in total. The third kappa shape index (κ3) is 6.23. The van der Waals surface area contributed by atoms with Gasteiger partial charge in [-0.3, -0.25) is 9.69 Å². The average Bonchev–Trinajstić information content (AvgIpc) is 3.23. The lowest BCUT2D eigenvalue weighted by atomic mass is 9.95. The quantitative estimate of drug-likeness (QED) is 0.681. The minimum Gasteiger partial charge on any atom is -0.481 e. The molecule has 2 heterocycles. The fraction of sp³-hybridized carbons (Fsp3) is 0.696. The van der Waals surface area contributed by atoms with Gasteiger partial charge >= 0.3 is 6.09 Å². The SMILES string of the molecule is COc1nc(NC2CCCCC2)c(F)cc1CNC(=O)[C@@H]1CCCN1C(=O)OC(C)(C)C. The number of pyridine rings is 1. The minimum atomic E-state index is -0.634. The molecule has 8 nitrogen and oxygen atoms in total. The Morgan fingerprint density at radius 3 is 2.56 bits per heavy atom. The molecule has 0 aromatic carbocycles. The van der Waals surface area contributed by atoms with Crippen molar-refractivity contribution >= 4 is 17.8 Å². The lowest BCUT2D eigenvalue weighted by Crippen LogP contribution is -2.47. The fourth-order valence-electron chi connectivity index (χ4n) is 4.23. The van der Waals surface area contributed by atoms with Gasteiger partial charge < -0.3 is 20.1 Å². The molecule has 1 aliphatic carbocycles. The average molecular weight is 451 g/mol. The normalized spacial score (nSPS) is 19.5. The molecule has 1 saturated carbocycles. The lowest BCUT2D eigenvalue weighted by molar-refractivity contribution is -0.125. The van der Waals surface area contributed by atoms with Gasteiger partial charge in [-0.15, -0.1) is 0 Å². The number of aromatic nitrogens is 1. The van der Waals surface area contributed by atoms with Gasteiger partial charge in [0, 0.05) is 24.7 Å². The van der Waals surface area contributed by atoms with Gasteiger partial charge in [-0.2, -0.15) is 4.98 Å². The summed E-state index contributed by atoms with van der Waals surface area (Å²) >= 11 is 0. The van der Waals surface area contributed by atoms with Crippen LogP contribution in [0.5, 0.6) is 5.88 Å². The molecule has 0 spiro atoms. The summed E-state index contributed by atoms with van der Waals surface area (Å²) in [5, 5.41) is 5.98. The van der Waals surface area contributed by atoms with Crippen LogP contribution in [-0.2, 0) is 16.1 Å². The van der Waals surface area contributed by atoms with Gasteiger partial charge in [0.15, 0.2) is 11.6 Å². The topological polar surface area (TPSA) is 92.8 Å². The molecule has 1 atom stereocenters. The first-order valence-corrected chi connectivity index (χ1v) is 11.4. The maximum Gasteiger partial charge on any atom is 0.410 e. The number of rotatable bonds is 6. The van der Waals surface area contributed by atoms with E-state index >= 15 is 0 Å². The van der Waals surface area contributed by atoms with Gasteiger partial charge in [-0.1, -0.05) is 19.3 Å². The largest absolute Gasteiger partial charge is 0.481 e. The van der Waals surface area contributed by atoms with Gasteiger partial charge in [-0.05, 0) is 52.5 Å². The number of halogens is 1. The Morgan fingerprint density at radius 1 is 1.19 bits per heavy atom. The molecule has 0 radical (unpaired) electrons. The van der Waals surface area contributed by atoms with Gasteiger partial charge in [0.05, 0.1) is 7.11 Å². The van der Waals surface area contributed by atoms with Gasteiger partial charge in [-0.25, -0.2) is 9.18 Å². The molecule has 32 heavy (non-hydrogen) atoms. The lowest BCUT2D eigenvalue weighted by Gasteiger charge is -2.28. The zero-order valence-corrected chi connectivity index (χ0v) is 19.5. The summed E-state index contributed by atoms with van der Waals surface area (Å²) in [6.45, 7) is 5.88. The second kappa shape index (κ2) is 10.4. The number of carbonyl (C=O) groups excluding carboxylic acids is 2. The molecule has 1 aromatic rings. The summed E-state index contributed by atoms with van der Waals surface area (Å²) in [6.07, 6.45) is 6.23. The Bertz CT molecular complexity index is 821. The van der Waals surface area contributed by atoms with Crippen LogP contribution in [-0.4, -0.2) is 53.2 Å². The van der Waals surface area contributed by atoms with Crippen molar-refractivity contribution in [1.82, 2.24) is 15.2 Å². The fourth-order valence-corrected chi connectivity index (χ4v) is 4.23. The van der Waals surface area contributed by atoms with Crippen LogP contribution in [0, 0.1) is 5.82 Å². The first-order valence-electron chi connectivity index (χ1n) is 11.4. The highest BCUT2D eigenvalue weighted by molar-refractivity contribution is 5.86. The summed E-state index contributed by atoms with van der Waals surface area (Å²) in [5.74, 6) is -0.340. The summed E-state index contributed by atoms with van der Waals surface area (Å²) < 4.78 is 25.5. The number of hydrogen-bond acceptors (Lipinski definition) is 6. The number of carbonyl (C=O) groups is 2. The number of nitrogens with one attached hydrogen (secondary N) is 2. The molecule has 2 aliphatic rings. The molecule has 2 fully saturated rings. The molecule has 1 aliphatic heterocycles. The highest BCUT2D eigenvalue weighted by atomic mass is 19.1. The Labute approximate surface area is 189 Å². The van der Waals surface area contributed by atoms with E-state index < -0.39 is 23.6 Å². The van der Waals surface area contributed by atoms with E-state index in [0.717, 1.165) is 32.1 Å². The van der Waals surface area contributed by atoms with Gasteiger partial charge in [0.25, 0.3) is 0 Å². The molecular weight excluding hydrogens is 415 g/mol. The monoisotopic (exact) mass is 450 g/mol. The number of likely N-dealkylation sites (tertiary alicyclic amines) is 1. The third-order valence-corrected chi connectivity index (χ3v) is 5.79. The van der Waals surface area contributed by atoms with Crippen molar-refractivity contribution in [2.24, 2.45) is 0 Å².